The van der Waals surface area contributed by atoms with E-state index in [1.54, 1.807) is 0 Å². The van der Waals surface area contributed by atoms with Crippen molar-refractivity contribution in [2.45, 2.75) is 63.5 Å². The highest BCUT2D eigenvalue weighted by Crippen LogP contribution is 2.44. The molecule has 0 aromatic heterocycles. The maximum absolute atomic E-state index is 12.9. The molecule has 0 spiro atoms. The summed E-state index contributed by atoms with van der Waals surface area (Å²) in [6.07, 6.45) is 3.14. The summed E-state index contributed by atoms with van der Waals surface area (Å²) in [5.74, 6) is -1.59. The zero-order valence-electron chi connectivity index (χ0n) is 19.5. The van der Waals surface area contributed by atoms with E-state index in [0.29, 0.717) is 25.7 Å². The van der Waals surface area contributed by atoms with E-state index in [1.165, 1.54) is 0 Å². The van der Waals surface area contributed by atoms with Gasteiger partial charge in [0.25, 0.3) is 0 Å². The molecule has 0 radical (unpaired) electrons. The quantitative estimate of drug-likeness (QED) is 0.535. The first-order chi connectivity index (χ1) is 16.5. The lowest BCUT2D eigenvalue weighted by atomic mass is 9.85. The van der Waals surface area contributed by atoms with Crippen LogP contribution in [0.3, 0.4) is 0 Å². The fourth-order valence-corrected chi connectivity index (χ4v) is 5.19. The van der Waals surface area contributed by atoms with Gasteiger partial charge in [0.1, 0.15) is 12.6 Å². The van der Waals surface area contributed by atoms with Crippen molar-refractivity contribution in [2.75, 3.05) is 6.61 Å². The van der Waals surface area contributed by atoms with E-state index in [0.717, 1.165) is 35.1 Å². The average molecular weight is 465 g/mol. The molecule has 0 heterocycles. The van der Waals surface area contributed by atoms with Crippen LogP contribution in [0.5, 0.6) is 0 Å². The Kier molecular flexibility index (Phi) is 7.50. The minimum atomic E-state index is -0.819. The van der Waals surface area contributed by atoms with Crippen LogP contribution in [0.25, 0.3) is 11.1 Å². The topological polar surface area (TPSA) is 105 Å². The summed E-state index contributed by atoms with van der Waals surface area (Å²) in [5, 5.41) is 15.0. The molecule has 180 valence electrons. The molecular weight excluding hydrogens is 432 g/mol. The molecule has 1 fully saturated rings. The SMILES string of the molecule is CCCC(NC(=O)OCC1c2ccccc2-c2ccccc21)C(=O)NC1CCCC(C(=O)O)C1. The Labute approximate surface area is 199 Å². The molecule has 7 heteroatoms. The van der Waals surface area contributed by atoms with Crippen molar-refractivity contribution in [3.05, 3.63) is 59.7 Å². The highest BCUT2D eigenvalue weighted by atomic mass is 16.5. The average Bonchev–Trinajstić information content (AvgIpc) is 3.16. The third kappa shape index (κ3) is 5.24. The molecule has 7 nitrogen and oxygen atoms in total. The Morgan fingerprint density at radius 2 is 1.68 bits per heavy atom. The summed E-state index contributed by atoms with van der Waals surface area (Å²) < 4.78 is 5.60. The third-order valence-corrected chi connectivity index (χ3v) is 6.90. The van der Waals surface area contributed by atoms with Gasteiger partial charge in [-0.15, -0.1) is 0 Å². The van der Waals surface area contributed by atoms with E-state index < -0.39 is 24.0 Å². The first-order valence-corrected chi connectivity index (χ1v) is 12.1. The van der Waals surface area contributed by atoms with Gasteiger partial charge in [-0.1, -0.05) is 68.3 Å². The zero-order chi connectivity index (χ0) is 24.1. The number of benzene rings is 2. The molecule has 0 saturated heterocycles. The van der Waals surface area contributed by atoms with Gasteiger partial charge in [-0.2, -0.15) is 0 Å². The molecule has 2 aromatic carbocycles. The zero-order valence-corrected chi connectivity index (χ0v) is 19.5. The molecule has 1 saturated carbocycles. The van der Waals surface area contributed by atoms with Gasteiger partial charge in [-0.3, -0.25) is 9.59 Å². The third-order valence-electron chi connectivity index (χ3n) is 6.90. The maximum atomic E-state index is 12.9. The number of hydrogen-bond donors (Lipinski definition) is 3. The molecular formula is C27H32N2O5. The summed E-state index contributed by atoms with van der Waals surface area (Å²) in [6.45, 7) is 2.13. The molecule has 2 aliphatic carbocycles. The lowest BCUT2D eigenvalue weighted by molar-refractivity contribution is -0.143. The van der Waals surface area contributed by atoms with Gasteiger partial charge < -0.3 is 20.5 Å². The van der Waals surface area contributed by atoms with Crippen LogP contribution in [0.4, 0.5) is 4.79 Å². The number of carbonyl (C=O) groups is 3. The fourth-order valence-electron chi connectivity index (χ4n) is 5.19. The van der Waals surface area contributed by atoms with Crippen LogP contribution in [0.15, 0.2) is 48.5 Å². The van der Waals surface area contributed by atoms with Gasteiger partial charge >= 0.3 is 12.1 Å². The van der Waals surface area contributed by atoms with Crippen molar-refractivity contribution in [3.8, 4) is 11.1 Å². The van der Waals surface area contributed by atoms with Crippen molar-refractivity contribution in [1.29, 1.82) is 0 Å². The summed E-state index contributed by atoms with van der Waals surface area (Å²) in [7, 11) is 0. The van der Waals surface area contributed by atoms with Gasteiger partial charge in [0.2, 0.25) is 5.91 Å². The van der Waals surface area contributed by atoms with Crippen LogP contribution >= 0.6 is 0 Å². The largest absolute Gasteiger partial charge is 0.481 e. The van der Waals surface area contributed by atoms with E-state index in [1.807, 2.05) is 31.2 Å². The van der Waals surface area contributed by atoms with Gasteiger partial charge in [-0.05, 0) is 47.9 Å². The number of fused-ring (bicyclic) bond motifs is 3. The molecule has 3 unspecified atom stereocenters. The van der Waals surface area contributed by atoms with Crippen LogP contribution in [-0.2, 0) is 14.3 Å². The number of aliphatic carboxylic acids is 1. The Morgan fingerprint density at radius 1 is 1.03 bits per heavy atom. The van der Waals surface area contributed by atoms with E-state index in [-0.39, 0.29) is 24.5 Å². The van der Waals surface area contributed by atoms with E-state index in [2.05, 4.69) is 34.9 Å². The maximum Gasteiger partial charge on any atom is 0.407 e. The molecule has 0 bridgehead atoms. The predicted molar refractivity (Wildman–Crippen MR) is 128 cm³/mol. The van der Waals surface area contributed by atoms with Crippen LogP contribution in [0, 0.1) is 5.92 Å². The van der Waals surface area contributed by atoms with E-state index in [4.69, 9.17) is 4.74 Å². The predicted octanol–water partition coefficient (Wildman–Crippen LogP) is 4.45. The smallest absolute Gasteiger partial charge is 0.407 e. The van der Waals surface area contributed by atoms with Gasteiger partial charge in [0.15, 0.2) is 0 Å². The number of hydrogen-bond acceptors (Lipinski definition) is 4. The van der Waals surface area contributed by atoms with Crippen molar-refractivity contribution in [3.63, 3.8) is 0 Å². The number of carboxylic acid groups (broad SMARTS) is 1. The van der Waals surface area contributed by atoms with Gasteiger partial charge in [0.05, 0.1) is 5.92 Å². The normalized spacial score (nSPS) is 20.0. The summed E-state index contributed by atoms with van der Waals surface area (Å²) in [6, 6.07) is 15.4. The number of carboxylic acids is 1. The molecule has 3 N–H and O–H groups in total. The second-order valence-electron chi connectivity index (χ2n) is 9.22. The molecule has 4 rings (SSSR count). The number of carbonyl (C=O) groups excluding carboxylic acids is 2. The Morgan fingerprint density at radius 3 is 2.29 bits per heavy atom. The van der Waals surface area contributed by atoms with E-state index in [9.17, 15) is 19.5 Å². The molecule has 3 atom stereocenters. The van der Waals surface area contributed by atoms with Crippen LogP contribution in [0.2, 0.25) is 0 Å². The van der Waals surface area contributed by atoms with Crippen molar-refractivity contribution >= 4 is 18.0 Å². The van der Waals surface area contributed by atoms with Gasteiger partial charge in [-0.25, -0.2) is 4.79 Å². The number of nitrogens with one attached hydrogen (secondary N) is 2. The fraction of sp³-hybridized carbons (Fsp3) is 0.444. The van der Waals surface area contributed by atoms with Crippen molar-refractivity contribution in [1.82, 2.24) is 10.6 Å². The van der Waals surface area contributed by atoms with Crippen molar-refractivity contribution in [2.24, 2.45) is 5.92 Å². The minimum absolute atomic E-state index is 0.0493. The Hall–Kier alpha value is -3.35. The van der Waals surface area contributed by atoms with Crippen molar-refractivity contribution < 1.29 is 24.2 Å². The van der Waals surface area contributed by atoms with Crippen LogP contribution in [-0.4, -0.2) is 41.8 Å². The van der Waals surface area contributed by atoms with Crippen LogP contribution in [0.1, 0.15) is 62.5 Å². The lowest BCUT2D eigenvalue weighted by Crippen LogP contribution is -2.51. The summed E-state index contributed by atoms with van der Waals surface area (Å²) in [5.41, 5.74) is 4.57. The van der Waals surface area contributed by atoms with Gasteiger partial charge in [0, 0.05) is 12.0 Å². The number of rotatable bonds is 8. The molecule has 2 aromatic rings. The Balaban J connectivity index is 1.35. The summed E-state index contributed by atoms with van der Waals surface area (Å²) >= 11 is 0. The Bertz CT molecular complexity index is 1010. The van der Waals surface area contributed by atoms with E-state index >= 15 is 0 Å². The molecule has 2 aliphatic rings. The lowest BCUT2D eigenvalue weighted by Gasteiger charge is -2.29. The molecule has 2 amide bonds. The molecule has 0 aliphatic heterocycles. The second kappa shape index (κ2) is 10.7. The first-order valence-electron chi connectivity index (χ1n) is 12.1. The number of ether oxygens (including phenoxy) is 1. The first kappa shape index (κ1) is 23.8. The number of amides is 2. The number of alkyl carbamates (subject to hydrolysis) is 1. The standard InChI is InChI=1S/C27H32N2O5/c1-2-8-24(25(30)28-18-10-7-9-17(15-18)26(31)32)29-27(33)34-16-23-21-13-5-3-11-19(21)20-12-4-6-14-22(20)23/h3-6,11-14,17-18,23-24H,2,7-10,15-16H2,1H3,(H,28,30)(H,29,33)(H,31,32). The minimum Gasteiger partial charge on any atom is -0.481 e. The van der Waals surface area contributed by atoms with Crippen LogP contribution < -0.4 is 10.6 Å². The summed E-state index contributed by atoms with van der Waals surface area (Å²) in [4.78, 5) is 36.8. The second-order valence-corrected chi connectivity index (χ2v) is 9.22. The highest BCUT2D eigenvalue weighted by molar-refractivity contribution is 5.86. The molecule has 34 heavy (non-hydrogen) atoms. The monoisotopic (exact) mass is 464 g/mol. The highest BCUT2D eigenvalue weighted by Gasteiger charge is 2.31.